The van der Waals surface area contributed by atoms with Crippen LogP contribution in [0.4, 0.5) is 5.69 Å². The molecule has 0 aliphatic carbocycles. The number of nitrogens with one attached hydrogen (secondary N) is 1. The predicted molar refractivity (Wildman–Crippen MR) is 177 cm³/mol. The van der Waals surface area contributed by atoms with E-state index in [2.05, 4.69) is 18.5 Å². The molecule has 0 radical (unpaired) electrons. The number of ether oxygens (including phenoxy) is 2. The highest BCUT2D eigenvalue weighted by Crippen LogP contribution is 2.59. The van der Waals surface area contributed by atoms with Crippen molar-refractivity contribution in [2.75, 3.05) is 24.6 Å². The summed E-state index contributed by atoms with van der Waals surface area (Å²) in [7, 11) is 0. The lowest BCUT2D eigenvalue weighted by atomic mass is 9.70. The van der Waals surface area contributed by atoms with E-state index in [1.54, 1.807) is 36.4 Å². The van der Waals surface area contributed by atoms with Gasteiger partial charge in [-0.1, -0.05) is 61.0 Å². The second-order valence-corrected chi connectivity index (χ2v) is 12.7. The molecule has 1 spiro atoms. The Morgan fingerprint density at radius 2 is 1.89 bits per heavy atom. The molecule has 2 bridgehead atoms. The van der Waals surface area contributed by atoms with Crippen molar-refractivity contribution >= 4 is 41.0 Å². The molecule has 3 fully saturated rings. The number of benzene rings is 2. The number of carbonyl (C=O) groups is 4. The molecule has 47 heavy (non-hydrogen) atoms. The fraction of sp³-hybridized carbons (Fsp3) is 0.444. The fourth-order valence-corrected chi connectivity index (χ4v) is 7.43. The van der Waals surface area contributed by atoms with Crippen LogP contribution < -0.4 is 10.2 Å². The van der Waals surface area contributed by atoms with Gasteiger partial charge in [-0.25, -0.2) is 0 Å². The number of nitrogens with zero attached hydrogens (tertiary/aromatic N) is 2. The number of anilines is 1. The SMILES string of the molecule is C=CCCC(=O)NC[C@H](OC(=O)[C@@H]1[C@@H]2CC[C@]3(O2)[C@H](C(=O)N(CC=C)c2ccc(Cl)cc2)N([C@@H](CC)CO)C(=O)[C@@H]13)c1ccccc1. The first-order valence-corrected chi connectivity index (χ1v) is 16.5. The number of fused-ring (bicyclic) bond motifs is 1. The Balaban J connectivity index is 1.47. The van der Waals surface area contributed by atoms with E-state index in [-0.39, 0.29) is 32.0 Å². The van der Waals surface area contributed by atoms with Crippen molar-refractivity contribution in [3.05, 3.63) is 90.5 Å². The minimum absolute atomic E-state index is 0.0427. The summed E-state index contributed by atoms with van der Waals surface area (Å²) in [4.78, 5) is 58.6. The fourth-order valence-electron chi connectivity index (χ4n) is 7.31. The van der Waals surface area contributed by atoms with Gasteiger partial charge in [-0.15, -0.1) is 13.2 Å². The van der Waals surface area contributed by atoms with Crippen molar-refractivity contribution in [1.29, 1.82) is 0 Å². The van der Waals surface area contributed by atoms with Crippen LogP contribution in [0.3, 0.4) is 0 Å². The van der Waals surface area contributed by atoms with Crippen molar-refractivity contribution in [3.63, 3.8) is 0 Å². The van der Waals surface area contributed by atoms with Gasteiger partial charge in [0.1, 0.15) is 17.7 Å². The van der Waals surface area contributed by atoms with E-state index in [4.69, 9.17) is 21.1 Å². The summed E-state index contributed by atoms with van der Waals surface area (Å²) in [5.41, 5.74) is -0.0450. The Morgan fingerprint density at radius 3 is 2.53 bits per heavy atom. The Hall–Kier alpha value is -3.99. The van der Waals surface area contributed by atoms with E-state index in [9.17, 15) is 24.3 Å². The van der Waals surface area contributed by atoms with Crippen LogP contribution >= 0.6 is 11.6 Å². The summed E-state index contributed by atoms with van der Waals surface area (Å²) in [5, 5.41) is 13.7. The van der Waals surface area contributed by atoms with Crippen LogP contribution in [0.2, 0.25) is 5.02 Å². The average molecular weight is 664 g/mol. The molecule has 2 N–H and O–H groups in total. The van der Waals surface area contributed by atoms with Crippen LogP contribution in [-0.4, -0.2) is 77.2 Å². The highest BCUT2D eigenvalue weighted by molar-refractivity contribution is 6.30. The van der Waals surface area contributed by atoms with Crippen LogP contribution in [0.5, 0.6) is 0 Å². The van der Waals surface area contributed by atoms with Crippen LogP contribution in [0.25, 0.3) is 0 Å². The van der Waals surface area contributed by atoms with Gasteiger partial charge in [-0.3, -0.25) is 19.2 Å². The molecule has 3 amide bonds. The van der Waals surface area contributed by atoms with Crippen molar-refractivity contribution < 1.29 is 33.8 Å². The first kappa shape index (κ1) is 34.3. The first-order chi connectivity index (χ1) is 22.7. The van der Waals surface area contributed by atoms with Gasteiger partial charge in [0.25, 0.3) is 5.91 Å². The smallest absolute Gasteiger partial charge is 0.313 e. The zero-order chi connectivity index (χ0) is 33.7. The van der Waals surface area contributed by atoms with Gasteiger partial charge in [0.2, 0.25) is 11.8 Å². The molecule has 3 heterocycles. The molecule has 0 unspecified atom stereocenters. The van der Waals surface area contributed by atoms with E-state index in [1.807, 2.05) is 37.3 Å². The molecule has 11 heteroatoms. The first-order valence-electron chi connectivity index (χ1n) is 16.1. The van der Waals surface area contributed by atoms with Crippen LogP contribution in [0.1, 0.15) is 50.7 Å². The molecule has 3 aliphatic heterocycles. The molecular weight excluding hydrogens is 622 g/mol. The summed E-state index contributed by atoms with van der Waals surface area (Å²) in [6, 6.07) is 14.1. The largest absolute Gasteiger partial charge is 0.455 e. The van der Waals surface area contributed by atoms with Gasteiger partial charge in [0.05, 0.1) is 37.1 Å². The molecule has 3 saturated heterocycles. The van der Waals surface area contributed by atoms with Crippen LogP contribution in [0, 0.1) is 11.8 Å². The molecule has 10 nitrogen and oxygen atoms in total. The topological polar surface area (TPSA) is 125 Å². The normalized spacial score (nSPS) is 25.5. The molecule has 5 rings (SSSR count). The summed E-state index contributed by atoms with van der Waals surface area (Å²) < 4.78 is 12.7. The lowest BCUT2D eigenvalue weighted by Crippen LogP contribution is -2.59. The van der Waals surface area contributed by atoms with Gasteiger partial charge in [-0.05, 0) is 55.5 Å². The quantitative estimate of drug-likeness (QED) is 0.214. The molecule has 2 aromatic carbocycles. The number of hydrogen-bond donors (Lipinski definition) is 2. The van der Waals surface area contributed by atoms with E-state index >= 15 is 0 Å². The van der Waals surface area contributed by atoms with Gasteiger partial charge in [0, 0.05) is 23.7 Å². The van der Waals surface area contributed by atoms with E-state index in [0.717, 1.165) is 0 Å². The number of amides is 3. The number of rotatable bonds is 15. The highest BCUT2D eigenvalue weighted by atomic mass is 35.5. The maximum Gasteiger partial charge on any atom is 0.313 e. The Kier molecular flexibility index (Phi) is 10.8. The average Bonchev–Trinajstić information content (AvgIpc) is 3.73. The maximum absolute atomic E-state index is 14.6. The molecular formula is C36H42ClN3O7. The number of esters is 1. The number of hydrogen-bond acceptors (Lipinski definition) is 7. The van der Waals surface area contributed by atoms with Crippen molar-refractivity contribution in [1.82, 2.24) is 10.2 Å². The Bertz CT molecular complexity index is 1480. The molecule has 0 aromatic heterocycles. The zero-order valence-electron chi connectivity index (χ0n) is 26.6. The second-order valence-electron chi connectivity index (χ2n) is 12.2. The lowest BCUT2D eigenvalue weighted by Gasteiger charge is -2.39. The van der Waals surface area contributed by atoms with Gasteiger partial charge < -0.3 is 29.7 Å². The maximum atomic E-state index is 14.6. The lowest BCUT2D eigenvalue weighted by molar-refractivity contribution is -0.161. The van der Waals surface area contributed by atoms with Crippen molar-refractivity contribution in [3.8, 4) is 0 Å². The van der Waals surface area contributed by atoms with E-state index in [0.29, 0.717) is 42.0 Å². The third-order valence-electron chi connectivity index (χ3n) is 9.53. The molecule has 250 valence electrons. The van der Waals surface area contributed by atoms with E-state index < -0.39 is 59.5 Å². The number of carbonyl (C=O) groups excluding carboxylic acids is 4. The number of halogens is 1. The molecule has 3 aliphatic rings. The molecule has 2 aromatic rings. The summed E-state index contributed by atoms with van der Waals surface area (Å²) in [6.07, 6.45) is 3.80. The summed E-state index contributed by atoms with van der Waals surface area (Å²) in [6.45, 7) is 9.15. The Labute approximate surface area is 280 Å². The predicted octanol–water partition coefficient (Wildman–Crippen LogP) is 4.37. The minimum atomic E-state index is -1.29. The summed E-state index contributed by atoms with van der Waals surface area (Å²) in [5.74, 6) is -3.61. The number of allylic oxidation sites excluding steroid dienone is 1. The minimum Gasteiger partial charge on any atom is -0.455 e. The highest BCUT2D eigenvalue weighted by Gasteiger charge is 2.75. The number of aliphatic hydroxyl groups is 1. The third kappa shape index (κ3) is 6.59. The Morgan fingerprint density at radius 1 is 1.17 bits per heavy atom. The van der Waals surface area contributed by atoms with Gasteiger partial charge in [-0.2, -0.15) is 0 Å². The van der Waals surface area contributed by atoms with Gasteiger partial charge in [0.15, 0.2) is 0 Å². The van der Waals surface area contributed by atoms with Crippen LogP contribution in [-0.2, 0) is 28.7 Å². The summed E-state index contributed by atoms with van der Waals surface area (Å²) >= 11 is 6.13. The van der Waals surface area contributed by atoms with Crippen molar-refractivity contribution in [2.45, 2.75) is 68.9 Å². The monoisotopic (exact) mass is 663 g/mol. The molecule has 0 saturated carbocycles. The third-order valence-corrected chi connectivity index (χ3v) is 9.78. The zero-order valence-corrected chi connectivity index (χ0v) is 27.3. The molecule has 7 atom stereocenters. The van der Waals surface area contributed by atoms with Crippen LogP contribution in [0.15, 0.2) is 79.9 Å². The number of likely N-dealkylation sites (tertiary alicyclic amines) is 1. The number of aliphatic hydroxyl groups excluding tert-OH is 1. The van der Waals surface area contributed by atoms with Gasteiger partial charge >= 0.3 is 5.97 Å². The van der Waals surface area contributed by atoms with E-state index in [1.165, 1.54) is 9.80 Å². The van der Waals surface area contributed by atoms with Crippen molar-refractivity contribution in [2.24, 2.45) is 11.8 Å². The second kappa shape index (κ2) is 14.8. The standard InChI is InChI=1S/C36H42ClN3O7/c1-4-7-13-29(42)38-21-28(23-11-9-8-10-12-23)46-35(45)30-27-18-19-36(47-27)31(30)33(43)40(25(6-3)22-41)32(36)34(44)39(20-5-2)26-16-14-24(37)15-17-26/h4-5,8-12,14-17,25,27-28,30-32,41H,1-2,6-7,13,18-22H2,3H3,(H,38,42)/t25-,27-,28-,30+,31+,32-,36+/m0/s1.